The van der Waals surface area contributed by atoms with Crippen LogP contribution in [-0.4, -0.2) is 9.97 Å². The monoisotopic (exact) mass is 181 g/mol. The van der Waals surface area contributed by atoms with Crippen molar-refractivity contribution in [2.75, 3.05) is 0 Å². The Labute approximate surface area is 81.7 Å². The first kappa shape index (κ1) is 8.39. The maximum absolute atomic E-state index is 8.62. The molecule has 0 aliphatic heterocycles. The first-order valence-corrected chi connectivity index (χ1v) is 4.18. The summed E-state index contributed by atoms with van der Waals surface area (Å²) in [5.74, 6) is 0.678. The van der Waals surface area contributed by atoms with Crippen LogP contribution in [0.4, 0.5) is 0 Å². The molecule has 3 heteroatoms. The lowest BCUT2D eigenvalue weighted by atomic mass is 10.1. The maximum Gasteiger partial charge on any atom is 0.159 e. The van der Waals surface area contributed by atoms with Crippen LogP contribution in [0, 0.1) is 11.3 Å². The predicted molar refractivity (Wildman–Crippen MR) is 52.2 cm³/mol. The fourth-order valence-corrected chi connectivity index (χ4v) is 1.14. The van der Waals surface area contributed by atoms with Crippen LogP contribution < -0.4 is 0 Å². The number of hydrogen-bond donors (Lipinski definition) is 0. The zero-order valence-corrected chi connectivity index (χ0v) is 7.38. The van der Waals surface area contributed by atoms with Crippen molar-refractivity contribution in [1.29, 1.82) is 5.26 Å². The fourth-order valence-electron chi connectivity index (χ4n) is 1.14. The van der Waals surface area contributed by atoms with Gasteiger partial charge in [-0.25, -0.2) is 9.97 Å². The molecular weight excluding hydrogens is 174 g/mol. The molecule has 0 N–H and O–H groups in total. The van der Waals surface area contributed by atoms with Crippen molar-refractivity contribution in [3.8, 4) is 17.5 Å². The molecule has 0 saturated carbocycles. The Bertz CT molecular complexity index is 454. The minimum Gasteiger partial charge on any atom is -0.237 e. The predicted octanol–water partition coefficient (Wildman–Crippen LogP) is 2.02. The van der Waals surface area contributed by atoms with Gasteiger partial charge in [-0.2, -0.15) is 5.26 Å². The van der Waals surface area contributed by atoms with Crippen LogP contribution in [0.1, 0.15) is 5.56 Å². The Morgan fingerprint density at radius 1 is 1.00 bits per heavy atom. The molecule has 0 atom stereocenters. The van der Waals surface area contributed by atoms with Gasteiger partial charge in [-0.1, -0.05) is 0 Å². The number of nitriles is 1. The van der Waals surface area contributed by atoms with Crippen LogP contribution >= 0.6 is 0 Å². The van der Waals surface area contributed by atoms with E-state index in [1.54, 1.807) is 30.6 Å². The topological polar surface area (TPSA) is 49.6 Å². The van der Waals surface area contributed by atoms with E-state index in [0.717, 1.165) is 5.56 Å². The first-order chi connectivity index (χ1) is 6.90. The quantitative estimate of drug-likeness (QED) is 0.676. The van der Waals surface area contributed by atoms with E-state index in [1.807, 2.05) is 12.1 Å². The van der Waals surface area contributed by atoms with Gasteiger partial charge in [-0.05, 0) is 30.3 Å². The van der Waals surface area contributed by atoms with Crippen molar-refractivity contribution in [2.24, 2.45) is 0 Å². The molecule has 0 radical (unpaired) electrons. The van der Waals surface area contributed by atoms with Gasteiger partial charge in [-0.3, -0.25) is 0 Å². The molecule has 14 heavy (non-hydrogen) atoms. The highest BCUT2D eigenvalue weighted by molar-refractivity contribution is 5.55. The SMILES string of the molecule is N#Cc1ccc(-c2ncccn2)cc1. The molecule has 0 bridgehead atoms. The van der Waals surface area contributed by atoms with Gasteiger partial charge in [0.05, 0.1) is 11.6 Å². The molecule has 0 unspecified atom stereocenters. The minimum atomic E-state index is 0.643. The Hall–Kier alpha value is -2.21. The summed E-state index contributed by atoms with van der Waals surface area (Å²) in [4.78, 5) is 8.22. The molecule has 2 aromatic rings. The Morgan fingerprint density at radius 2 is 1.64 bits per heavy atom. The zero-order chi connectivity index (χ0) is 9.80. The van der Waals surface area contributed by atoms with E-state index in [-0.39, 0.29) is 0 Å². The van der Waals surface area contributed by atoms with Gasteiger partial charge >= 0.3 is 0 Å². The number of benzene rings is 1. The lowest BCUT2D eigenvalue weighted by Gasteiger charge is -1.97. The number of aromatic nitrogens is 2. The van der Waals surface area contributed by atoms with Gasteiger partial charge in [0, 0.05) is 18.0 Å². The summed E-state index contributed by atoms with van der Waals surface area (Å²) in [5, 5.41) is 8.62. The largest absolute Gasteiger partial charge is 0.237 e. The molecule has 3 nitrogen and oxygen atoms in total. The molecule has 66 valence electrons. The fraction of sp³-hybridized carbons (Fsp3) is 0. The van der Waals surface area contributed by atoms with Gasteiger partial charge in [0.1, 0.15) is 0 Å². The van der Waals surface area contributed by atoms with E-state index in [1.165, 1.54) is 0 Å². The summed E-state index contributed by atoms with van der Waals surface area (Å²) in [5.41, 5.74) is 1.56. The lowest BCUT2D eigenvalue weighted by molar-refractivity contribution is 1.18. The summed E-state index contributed by atoms with van der Waals surface area (Å²) in [7, 11) is 0. The van der Waals surface area contributed by atoms with Gasteiger partial charge in [-0.15, -0.1) is 0 Å². The highest BCUT2D eigenvalue weighted by atomic mass is 14.8. The second-order valence-corrected chi connectivity index (χ2v) is 2.76. The van der Waals surface area contributed by atoms with Crippen molar-refractivity contribution < 1.29 is 0 Å². The molecule has 0 aliphatic carbocycles. The smallest absolute Gasteiger partial charge is 0.159 e. The lowest BCUT2D eigenvalue weighted by Crippen LogP contribution is -1.86. The third-order valence-electron chi connectivity index (χ3n) is 1.84. The average Bonchev–Trinajstić information content (AvgIpc) is 2.30. The van der Waals surface area contributed by atoms with Crippen molar-refractivity contribution >= 4 is 0 Å². The molecule has 1 aromatic carbocycles. The molecule has 1 aromatic heterocycles. The normalized spacial score (nSPS) is 9.36. The van der Waals surface area contributed by atoms with Crippen molar-refractivity contribution in [3.63, 3.8) is 0 Å². The van der Waals surface area contributed by atoms with Crippen molar-refractivity contribution in [2.45, 2.75) is 0 Å². The number of rotatable bonds is 1. The van der Waals surface area contributed by atoms with Gasteiger partial charge < -0.3 is 0 Å². The summed E-state index contributed by atoms with van der Waals surface area (Å²) >= 11 is 0. The third-order valence-corrected chi connectivity index (χ3v) is 1.84. The third kappa shape index (κ3) is 1.59. The van der Waals surface area contributed by atoms with Crippen LogP contribution in [0.15, 0.2) is 42.7 Å². The second kappa shape index (κ2) is 3.67. The minimum absolute atomic E-state index is 0.643. The molecular formula is C11H7N3. The maximum atomic E-state index is 8.62. The average molecular weight is 181 g/mol. The van der Waals surface area contributed by atoms with E-state index in [0.29, 0.717) is 11.4 Å². The zero-order valence-electron chi connectivity index (χ0n) is 7.38. The van der Waals surface area contributed by atoms with Crippen LogP contribution in [-0.2, 0) is 0 Å². The molecule has 0 amide bonds. The number of hydrogen-bond acceptors (Lipinski definition) is 3. The summed E-state index contributed by atoms with van der Waals surface area (Å²) in [6.45, 7) is 0. The van der Waals surface area contributed by atoms with E-state index in [9.17, 15) is 0 Å². The first-order valence-electron chi connectivity index (χ1n) is 4.18. The molecule has 1 heterocycles. The van der Waals surface area contributed by atoms with Crippen LogP contribution in [0.2, 0.25) is 0 Å². The summed E-state index contributed by atoms with van der Waals surface area (Å²) < 4.78 is 0. The summed E-state index contributed by atoms with van der Waals surface area (Å²) in [6, 6.07) is 11.0. The van der Waals surface area contributed by atoms with Crippen molar-refractivity contribution in [3.05, 3.63) is 48.3 Å². The molecule has 0 aliphatic rings. The Morgan fingerprint density at radius 3 is 2.21 bits per heavy atom. The van der Waals surface area contributed by atoms with Gasteiger partial charge in [0.25, 0.3) is 0 Å². The van der Waals surface area contributed by atoms with E-state index < -0.39 is 0 Å². The van der Waals surface area contributed by atoms with Crippen LogP contribution in [0.5, 0.6) is 0 Å². The van der Waals surface area contributed by atoms with Crippen molar-refractivity contribution in [1.82, 2.24) is 9.97 Å². The highest BCUT2D eigenvalue weighted by Gasteiger charge is 1.98. The molecule has 0 saturated heterocycles. The van der Waals surface area contributed by atoms with Crippen LogP contribution in [0.25, 0.3) is 11.4 Å². The Kier molecular flexibility index (Phi) is 2.20. The Balaban J connectivity index is 2.40. The molecule has 0 fully saturated rings. The van der Waals surface area contributed by atoms with E-state index >= 15 is 0 Å². The van der Waals surface area contributed by atoms with Crippen LogP contribution in [0.3, 0.4) is 0 Å². The highest BCUT2D eigenvalue weighted by Crippen LogP contribution is 2.13. The molecule has 2 rings (SSSR count). The van der Waals surface area contributed by atoms with Gasteiger partial charge in [0.15, 0.2) is 5.82 Å². The van der Waals surface area contributed by atoms with E-state index in [4.69, 9.17) is 5.26 Å². The summed E-state index contributed by atoms with van der Waals surface area (Å²) in [6.07, 6.45) is 3.39. The standard InChI is InChI=1S/C11H7N3/c12-8-9-2-4-10(5-3-9)11-13-6-1-7-14-11/h1-7H. The second-order valence-electron chi connectivity index (χ2n) is 2.76. The number of nitrogens with zero attached hydrogens (tertiary/aromatic N) is 3. The van der Waals surface area contributed by atoms with E-state index in [2.05, 4.69) is 16.0 Å². The molecule has 0 spiro atoms. The van der Waals surface area contributed by atoms with Gasteiger partial charge in [0.2, 0.25) is 0 Å².